The highest BCUT2D eigenvalue weighted by Gasteiger charge is 1.97. The fourth-order valence-electron chi connectivity index (χ4n) is 0.975. The van der Waals surface area contributed by atoms with Gasteiger partial charge in [0.25, 0.3) is 0 Å². The molecule has 0 saturated heterocycles. The Morgan fingerprint density at radius 3 is 2.85 bits per heavy atom. The van der Waals surface area contributed by atoms with Gasteiger partial charge in [0.15, 0.2) is 0 Å². The second kappa shape index (κ2) is 4.82. The lowest BCUT2D eigenvalue weighted by molar-refractivity contribution is 0.277. The summed E-state index contributed by atoms with van der Waals surface area (Å²) in [7, 11) is 0. The van der Waals surface area contributed by atoms with Crippen LogP contribution in [0.1, 0.15) is 19.5 Å². The molecular weight excluding hydrogens is 164 g/mol. The summed E-state index contributed by atoms with van der Waals surface area (Å²) in [5.41, 5.74) is 0.703. The van der Waals surface area contributed by atoms with Gasteiger partial charge < -0.3 is 10.4 Å². The molecule has 0 bridgehead atoms. The summed E-state index contributed by atoms with van der Waals surface area (Å²) in [6.07, 6.45) is 0. The zero-order valence-electron chi connectivity index (χ0n) is 8.12. The minimum absolute atomic E-state index is 0.00278. The number of aliphatic hydroxyl groups excluding tert-OH is 1. The number of pyridine rings is 1. The van der Waals surface area contributed by atoms with Crippen molar-refractivity contribution >= 4 is 5.82 Å². The number of anilines is 1. The molecule has 72 valence electrons. The van der Waals surface area contributed by atoms with Gasteiger partial charge in [-0.1, -0.05) is 19.9 Å². The predicted octanol–water partition coefficient (Wildman–Crippen LogP) is 1.64. The summed E-state index contributed by atoms with van der Waals surface area (Å²) >= 11 is 0. The van der Waals surface area contributed by atoms with Crippen LogP contribution in [0.5, 0.6) is 0 Å². The van der Waals surface area contributed by atoms with Crippen LogP contribution in [0.25, 0.3) is 0 Å². The summed E-state index contributed by atoms with van der Waals surface area (Å²) in [6.45, 7) is 5.19. The molecule has 0 amide bonds. The standard InChI is InChI=1S/C10H16N2O/c1-8(2)6-11-10-5-3-4-9(7-13)12-10/h3-5,8,13H,6-7H2,1-2H3,(H,11,12). The number of nitrogens with one attached hydrogen (secondary N) is 1. The molecule has 0 unspecified atom stereocenters. The van der Waals surface area contributed by atoms with E-state index in [1.807, 2.05) is 12.1 Å². The molecule has 0 radical (unpaired) electrons. The van der Waals surface area contributed by atoms with Crippen LogP contribution in [-0.4, -0.2) is 16.6 Å². The predicted molar refractivity (Wildman–Crippen MR) is 53.5 cm³/mol. The van der Waals surface area contributed by atoms with Crippen LogP contribution in [0.3, 0.4) is 0 Å². The first-order valence-electron chi connectivity index (χ1n) is 4.53. The van der Waals surface area contributed by atoms with Crippen molar-refractivity contribution < 1.29 is 5.11 Å². The molecule has 0 fully saturated rings. The zero-order chi connectivity index (χ0) is 9.68. The Balaban J connectivity index is 2.56. The summed E-state index contributed by atoms with van der Waals surface area (Å²) in [4.78, 5) is 4.20. The van der Waals surface area contributed by atoms with Crippen LogP contribution in [0.4, 0.5) is 5.82 Å². The Kier molecular flexibility index (Phi) is 3.71. The topological polar surface area (TPSA) is 45.1 Å². The largest absolute Gasteiger partial charge is 0.390 e. The number of hydrogen-bond donors (Lipinski definition) is 2. The average molecular weight is 180 g/mol. The van der Waals surface area contributed by atoms with E-state index in [1.54, 1.807) is 6.07 Å². The van der Waals surface area contributed by atoms with Crippen molar-refractivity contribution in [3.63, 3.8) is 0 Å². The lowest BCUT2D eigenvalue weighted by atomic mass is 10.2. The van der Waals surface area contributed by atoms with E-state index < -0.39 is 0 Å². The molecule has 0 aromatic carbocycles. The van der Waals surface area contributed by atoms with Crippen molar-refractivity contribution in [3.05, 3.63) is 23.9 Å². The van der Waals surface area contributed by atoms with Crippen LogP contribution in [0.15, 0.2) is 18.2 Å². The van der Waals surface area contributed by atoms with Gasteiger partial charge in [-0.3, -0.25) is 0 Å². The molecule has 3 heteroatoms. The molecule has 0 aliphatic rings. The maximum absolute atomic E-state index is 8.85. The van der Waals surface area contributed by atoms with E-state index in [4.69, 9.17) is 5.11 Å². The minimum Gasteiger partial charge on any atom is -0.390 e. The average Bonchev–Trinajstić information content (AvgIpc) is 2.15. The van der Waals surface area contributed by atoms with Crippen LogP contribution in [-0.2, 0) is 6.61 Å². The molecule has 0 saturated carbocycles. The molecule has 3 nitrogen and oxygen atoms in total. The van der Waals surface area contributed by atoms with E-state index in [0.29, 0.717) is 11.6 Å². The Labute approximate surface area is 78.8 Å². The van der Waals surface area contributed by atoms with E-state index >= 15 is 0 Å². The van der Waals surface area contributed by atoms with Crippen LogP contribution >= 0.6 is 0 Å². The lowest BCUT2D eigenvalue weighted by Gasteiger charge is -2.08. The fraction of sp³-hybridized carbons (Fsp3) is 0.500. The molecule has 1 rings (SSSR count). The molecule has 0 aliphatic carbocycles. The lowest BCUT2D eigenvalue weighted by Crippen LogP contribution is -2.09. The van der Waals surface area contributed by atoms with Gasteiger partial charge in [-0.05, 0) is 18.1 Å². The zero-order valence-corrected chi connectivity index (χ0v) is 8.12. The van der Waals surface area contributed by atoms with E-state index in [-0.39, 0.29) is 6.61 Å². The number of nitrogens with zero attached hydrogens (tertiary/aromatic N) is 1. The van der Waals surface area contributed by atoms with Crippen molar-refractivity contribution in [1.29, 1.82) is 0 Å². The first kappa shape index (κ1) is 9.99. The molecular formula is C10H16N2O. The molecule has 1 aromatic heterocycles. The van der Waals surface area contributed by atoms with Crippen molar-refractivity contribution in [2.45, 2.75) is 20.5 Å². The molecule has 13 heavy (non-hydrogen) atoms. The SMILES string of the molecule is CC(C)CNc1cccc(CO)n1. The summed E-state index contributed by atoms with van der Waals surface area (Å²) in [6, 6.07) is 5.60. The Bertz CT molecular complexity index is 261. The van der Waals surface area contributed by atoms with E-state index in [9.17, 15) is 0 Å². The quantitative estimate of drug-likeness (QED) is 0.740. The minimum atomic E-state index is -0.00278. The van der Waals surface area contributed by atoms with Gasteiger partial charge >= 0.3 is 0 Å². The molecule has 0 spiro atoms. The van der Waals surface area contributed by atoms with Crippen molar-refractivity contribution in [2.75, 3.05) is 11.9 Å². The van der Waals surface area contributed by atoms with Gasteiger partial charge in [-0.25, -0.2) is 4.98 Å². The van der Waals surface area contributed by atoms with Gasteiger partial charge in [0.2, 0.25) is 0 Å². The summed E-state index contributed by atoms with van der Waals surface area (Å²) in [5, 5.41) is 12.0. The number of aliphatic hydroxyl groups is 1. The normalized spacial score (nSPS) is 10.5. The van der Waals surface area contributed by atoms with Crippen LogP contribution in [0.2, 0.25) is 0 Å². The third-order valence-electron chi connectivity index (χ3n) is 1.66. The second-order valence-corrected chi connectivity index (χ2v) is 3.45. The molecule has 2 N–H and O–H groups in total. The van der Waals surface area contributed by atoms with E-state index in [1.165, 1.54) is 0 Å². The molecule has 0 atom stereocenters. The monoisotopic (exact) mass is 180 g/mol. The second-order valence-electron chi connectivity index (χ2n) is 3.45. The molecule has 1 aromatic rings. The van der Waals surface area contributed by atoms with Gasteiger partial charge in [0.05, 0.1) is 12.3 Å². The van der Waals surface area contributed by atoms with Crippen molar-refractivity contribution in [2.24, 2.45) is 5.92 Å². The van der Waals surface area contributed by atoms with Gasteiger partial charge in [-0.2, -0.15) is 0 Å². The van der Waals surface area contributed by atoms with Crippen molar-refractivity contribution in [3.8, 4) is 0 Å². The number of rotatable bonds is 4. The van der Waals surface area contributed by atoms with E-state index in [2.05, 4.69) is 24.1 Å². The smallest absolute Gasteiger partial charge is 0.126 e. The third kappa shape index (κ3) is 3.42. The first-order valence-corrected chi connectivity index (χ1v) is 4.53. The first-order chi connectivity index (χ1) is 6.22. The van der Waals surface area contributed by atoms with Gasteiger partial charge in [-0.15, -0.1) is 0 Å². The maximum Gasteiger partial charge on any atom is 0.126 e. The van der Waals surface area contributed by atoms with Crippen LogP contribution in [0, 0.1) is 5.92 Å². The molecule has 1 heterocycles. The summed E-state index contributed by atoms with van der Waals surface area (Å²) < 4.78 is 0. The highest BCUT2D eigenvalue weighted by Crippen LogP contribution is 2.05. The third-order valence-corrected chi connectivity index (χ3v) is 1.66. The number of hydrogen-bond acceptors (Lipinski definition) is 3. The summed E-state index contributed by atoms with van der Waals surface area (Å²) in [5.74, 6) is 1.43. The van der Waals surface area contributed by atoms with E-state index in [0.717, 1.165) is 12.4 Å². The molecule has 0 aliphatic heterocycles. The highest BCUT2D eigenvalue weighted by molar-refractivity contribution is 5.35. The maximum atomic E-state index is 8.85. The van der Waals surface area contributed by atoms with Gasteiger partial charge in [0, 0.05) is 6.54 Å². The highest BCUT2D eigenvalue weighted by atomic mass is 16.3. The Morgan fingerprint density at radius 2 is 2.23 bits per heavy atom. The Morgan fingerprint density at radius 1 is 1.46 bits per heavy atom. The van der Waals surface area contributed by atoms with Gasteiger partial charge in [0.1, 0.15) is 5.82 Å². The fourth-order valence-corrected chi connectivity index (χ4v) is 0.975. The Hall–Kier alpha value is -1.09. The van der Waals surface area contributed by atoms with Crippen LogP contribution < -0.4 is 5.32 Å². The van der Waals surface area contributed by atoms with Crippen molar-refractivity contribution in [1.82, 2.24) is 4.98 Å². The number of aromatic nitrogens is 1.